The van der Waals surface area contributed by atoms with Crippen LogP contribution in [-0.4, -0.2) is 119 Å². The Labute approximate surface area is 375 Å². The van der Waals surface area contributed by atoms with Crippen molar-refractivity contribution in [2.24, 2.45) is 28.3 Å². The van der Waals surface area contributed by atoms with Crippen molar-refractivity contribution in [1.29, 1.82) is 0 Å². The molecule has 0 saturated carbocycles. The van der Waals surface area contributed by atoms with E-state index in [0.29, 0.717) is 32.1 Å². The van der Waals surface area contributed by atoms with E-state index < -0.39 is 83.7 Å². The zero-order chi connectivity index (χ0) is 47.3. The molecule has 1 fully saturated rings. The number of nitrogens with one attached hydrogen (secondary N) is 6. The van der Waals surface area contributed by atoms with Crippen LogP contribution in [0.15, 0.2) is 59.6 Å². The number of likely N-dealkylation sites (N-methyl/N-ethyl adjacent to an activating group) is 1. The summed E-state index contributed by atoms with van der Waals surface area (Å²) in [6.45, 7) is 7.43. The molecule has 352 valence electrons. The number of nitrogens with two attached hydrogens (primary N) is 2. The molecule has 2 aromatic carbocycles. The number of guanidine groups is 1. The van der Waals surface area contributed by atoms with E-state index in [0.717, 1.165) is 11.1 Å². The fourth-order valence-electron chi connectivity index (χ4n) is 7.26. The van der Waals surface area contributed by atoms with Crippen molar-refractivity contribution in [2.75, 3.05) is 20.1 Å². The number of benzene rings is 2. The van der Waals surface area contributed by atoms with Crippen molar-refractivity contribution in [3.05, 3.63) is 65.7 Å². The maximum Gasteiger partial charge on any atom is 0.326 e. The predicted molar refractivity (Wildman–Crippen MR) is 241 cm³/mol. The number of hydrogen-bond acceptors (Lipinski definition) is 9. The van der Waals surface area contributed by atoms with Crippen LogP contribution in [0.4, 0.5) is 4.79 Å². The van der Waals surface area contributed by atoms with Gasteiger partial charge in [0.15, 0.2) is 5.96 Å². The molecule has 0 radical (unpaired) electrons. The van der Waals surface area contributed by atoms with Crippen LogP contribution < -0.4 is 43.4 Å². The molecule has 0 bridgehead atoms. The third kappa shape index (κ3) is 17.0. The quantitative estimate of drug-likeness (QED) is 0.0653. The standard InChI is InChI=1S/C45H68N10O9/c1-6-28(4)37-40(59)48-25-11-10-15-32(51-45(64)52-34(43(62)63)16-12-26-49-44(46)47)38(57)53-36(27(2)3)41(60)50-33(23-19-29-13-8-7-9-14-29)42(61)55(5)35(39(58)54-37)24-20-30-17-21-31(56)22-18-30/h7-9,13-14,17-18,21-22,27-28,32-37,56H,6,10-12,15-16,19-20,23-26H2,1-5H3,(H,48,59)(H,50,60)(H,53,57)(H,54,58)(H,62,63)(H4,46,47,49)(H2,51,52,64)/t28-,32+,33-,34-,35-,36-,37-/m0/s1. The summed E-state index contributed by atoms with van der Waals surface area (Å²) in [7, 11) is 1.48. The number of aromatic hydroxyl groups is 1. The number of carboxylic acid groups (broad SMARTS) is 1. The first-order valence-electron chi connectivity index (χ1n) is 22.0. The van der Waals surface area contributed by atoms with Crippen LogP contribution in [0.5, 0.6) is 5.75 Å². The Balaban J connectivity index is 2.02. The van der Waals surface area contributed by atoms with Gasteiger partial charge in [-0.05, 0) is 92.9 Å². The van der Waals surface area contributed by atoms with E-state index in [1.165, 1.54) is 24.1 Å². The van der Waals surface area contributed by atoms with E-state index in [1.54, 1.807) is 26.0 Å². The molecule has 0 unspecified atom stereocenters. The van der Waals surface area contributed by atoms with Gasteiger partial charge in [0.2, 0.25) is 29.5 Å². The lowest BCUT2D eigenvalue weighted by molar-refractivity contribution is -0.143. The largest absolute Gasteiger partial charge is 0.508 e. The summed E-state index contributed by atoms with van der Waals surface area (Å²) in [5, 5.41) is 36.0. The van der Waals surface area contributed by atoms with E-state index in [2.05, 4.69) is 36.9 Å². The highest BCUT2D eigenvalue weighted by atomic mass is 16.4. The number of urea groups is 1. The summed E-state index contributed by atoms with van der Waals surface area (Å²) >= 11 is 0. The molecule has 2 aromatic rings. The summed E-state index contributed by atoms with van der Waals surface area (Å²) in [5.41, 5.74) is 12.4. The highest BCUT2D eigenvalue weighted by Gasteiger charge is 2.37. The summed E-state index contributed by atoms with van der Waals surface area (Å²) in [6, 6.07) is 7.91. The number of amides is 7. The maximum atomic E-state index is 14.7. The van der Waals surface area contributed by atoms with Crippen LogP contribution in [0.25, 0.3) is 0 Å². The maximum absolute atomic E-state index is 14.7. The highest BCUT2D eigenvalue weighted by Crippen LogP contribution is 2.18. The Morgan fingerprint density at radius 2 is 1.48 bits per heavy atom. The van der Waals surface area contributed by atoms with Gasteiger partial charge in [-0.2, -0.15) is 0 Å². The van der Waals surface area contributed by atoms with Crippen LogP contribution >= 0.6 is 0 Å². The van der Waals surface area contributed by atoms with Crippen LogP contribution in [0.1, 0.15) is 90.2 Å². The topological polar surface area (TPSA) is 300 Å². The van der Waals surface area contributed by atoms with Crippen LogP contribution in [0.3, 0.4) is 0 Å². The molecule has 1 aliphatic rings. The zero-order valence-corrected chi connectivity index (χ0v) is 37.6. The molecule has 0 aromatic heterocycles. The van der Waals surface area contributed by atoms with Gasteiger partial charge in [-0.25, -0.2) is 9.59 Å². The molecular weight excluding hydrogens is 825 g/mol. The van der Waals surface area contributed by atoms with Gasteiger partial charge in [0, 0.05) is 20.1 Å². The van der Waals surface area contributed by atoms with Crippen molar-refractivity contribution in [3.8, 4) is 5.75 Å². The second-order valence-corrected chi connectivity index (χ2v) is 16.7. The second-order valence-electron chi connectivity index (χ2n) is 16.7. The zero-order valence-electron chi connectivity index (χ0n) is 37.6. The van der Waals surface area contributed by atoms with Crippen molar-refractivity contribution in [3.63, 3.8) is 0 Å². The monoisotopic (exact) mass is 893 g/mol. The molecular formula is C45H68N10O9. The second kappa shape index (κ2) is 26.3. The molecule has 12 N–H and O–H groups in total. The number of nitrogens with zero attached hydrogens (tertiary/aromatic N) is 2. The third-order valence-corrected chi connectivity index (χ3v) is 11.4. The lowest BCUT2D eigenvalue weighted by atomic mass is 9.96. The number of hydrogen-bond donors (Lipinski definition) is 10. The van der Waals surface area contributed by atoms with E-state index in [-0.39, 0.29) is 62.8 Å². The molecule has 7 atom stereocenters. The Morgan fingerprint density at radius 3 is 2.11 bits per heavy atom. The molecule has 1 saturated heterocycles. The first-order chi connectivity index (χ1) is 30.4. The molecule has 3 rings (SSSR count). The van der Waals surface area contributed by atoms with Crippen molar-refractivity contribution >= 4 is 47.5 Å². The van der Waals surface area contributed by atoms with Gasteiger partial charge in [0.05, 0.1) is 0 Å². The minimum absolute atomic E-state index is 0.0116. The number of aryl methyl sites for hydroxylation is 2. The van der Waals surface area contributed by atoms with Crippen molar-refractivity contribution in [2.45, 2.75) is 128 Å². The van der Waals surface area contributed by atoms with E-state index in [1.807, 2.05) is 44.2 Å². The van der Waals surface area contributed by atoms with Gasteiger partial charge in [-0.3, -0.25) is 29.0 Å². The van der Waals surface area contributed by atoms with Crippen LogP contribution in [-0.2, 0) is 41.6 Å². The normalized spacial score (nSPS) is 21.7. The summed E-state index contributed by atoms with van der Waals surface area (Å²) < 4.78 is 0. The Morgan fingerprint density at radius 1 is 0.844 bits per heavy atom. The van der Waals surface area contributed by atoms with E-state index >= 15 is 0 Å². The van der Waals surface area contributed by atoms with Crippen LogP contribution in [0.2, 0.25) is 0 Å². The fraction of sp³-hybridized carbons (Fsp3) is 0.556. The average Bonchev–Trinajstić information content (AvgIpc) is 3.26. The third-order valence-electron chi connectivity index (χ3n) is 11.4. The summed E-state index contributed by atoms with van der Waals surface area (Å²) in [4.78, 5) is 101. The number of phenols is 1. The van der Waals surface area contributed by atoms with Crippen molar-refractivity contribution in [1.82, 2.24) is 36.8 Å². The summed E-state index contributed by atoms with van der Waals surface area (Å²) in [5.74, 6) is -5.18. The van der Waals surface area contributed by atoms with Gasteiger partial charge < -0.3 is 58.5 Å². The molecule has 0 aliphatic carbocycles. The minimum atomic E-state index is -1.33. The number of aliphatic imine (C=N–C) groups is 1. The molecule has 19 heteroatoms. The summed E-state index contributed by atoms with van der Waals surface area (Å²) in [6.07, 6.45) is 2.45. The first-order valence-corrected chi connectivity index (χ1v) is 22.0. The van der Waals surface area contributed by atoms with Gasteiger partial charge in [-0.1, -0.05) is 76.6 Å². The van der Waals surface area contributed by atoms with Gasteiger partial charge in [-0.15, -0.1) is 0 Å². The highest BCUT2D eigenvalue weighted by molar-refractivity contribution is 5.96. The lowest BCUT2D eigenvalue weighted by Gasteiger charge is -2.33. The Kier molecular flexibility index (Phi) is 21.3. The number of carbonyl (C=O) groups excluding carboxylic acids is 6. The number of carbonyl (C=O) groups is 7. The first kappa shape index (κ1) is 51.9. The molecule has 1 aliphatic heterocycles. The number of carboxylic acids is 1. The molecule has 64 heavy (non-hydrogen) atoms. The average molecular weight is 893 g/mol. The molecule has 19 nitrogen and oxygen atoms in total. The van der Waals surface area contributed by atoms with E-state index in [9.17, 15) is 43.8 Å². The van der Waals surface area contributed by atoms with Crippen LogP contribution in [0, 0.1) is 11.8 Å². The van der Waals surface area contributed by atoms with Gasteiger partial charge in [0.25, 0.3) is 0 Å². The van der Waals surface area contributed by atoms with Gasteiger partial charge >= 0.3 is 12.0 Å². The van der Waals surface area contributed by atoms with Crippen molar-refractivity contribution < 1.29 is 43.8 Å². The molecule has 7 amide bonds. The molecule has 0 spiro atoms. The lowest BCUT2D eigenvalue weighted by Crippen LogP contribution is -2.61. The fourth-order valence-corrected chi connectivity index (χ4v) is 7.26. The Bertz CT molecular complexity index is 1890. The predicted octanol–water partition coefficient (Wildman–Crippen LogP) is 1.42. The number of aliphatic carboxylic acids is 1. The minimum Gasteiger partial charge on any atom is -0.508 e. The van der Waals surface area contributed by atoms with Gasteiger partial charge in [0.1, 0.15) is 42.0 Å². The van der Waals surface area contributed by atoms with E-state index in [4.69, 9.17) is 11.5 Å². The smallest absolute Gasteiger partial charge is 0.326 e. The SMILES string of the molecule is CC[C@H](C)[C@@H]1NC(=O)[C@H](CCc2ccc(O)cc2)N(C)C(=O)[C@H](CCc2ccccc2)NC(=O)[C@H](C(C)C)NC(=O)[C@H](NC(=O)N[C@@H](CCCN=C(N)N)C(=O)O)CCCCNC1=O. The molecule has 1 heterocycles. The number of phenolic OH excluding ortho intramolecular Hbond substituents is 1. The number of rotatable bonds is 16. The Hall–Kier alpha value is -6.40.